The minimum atomic E-state index is -4.79. The number of anilines is 2. The second kappa shape index (κ2) is 14.6. The lowest BCUT2D eigenvalue weighted by Gasteiger charge is -2.24. The monoisotopic (exact) mass is 737 g/mol. The molecule has 1 aliphatic rings. The summed E-state index contributed by atoms with van der Waals surface area (Å²) in [5.74, 6) is -0.591. The molecule has 0 saturated carbocycles. The number of benzene rings is 4. The van der Waals surface area contributed by atoms with Gasteiger partial charge in [0.05, 0.1) is 4.90 Å². The molecule has 1 aliphatic carbocycles. The van der Waals surface area contributed by atoms with Crippen LogP contribution in [0.25, 0.3) is 5.57 Å². The Labute approximate surface area is 291 Å². The van der Waals surface area contributed by atoms with Crippen LogP contribution in [0.3, 0.4) is 0 Å². The van der Waals surface area contributed by atoms with Crippen molar-refractivity contribution in [2.75, 3.05) is 16.8 Å². The molecule has 0 aliphatic heterocycles. The van der Waals surface area contributed by atoms with Gasteiger partial charge in [0.2, 0.25) is 4.90 Å². The normalized spacial score (nSPS) is 14.7. The Kier molecular flexibility index (Phi) is 10.7. The third-order valence-electron chi connectivity index (χ3n) is 7.90. The number of rotatable bonds is 12. The van der Waals surface area contributed by atoms with E-state index in [1.165, 1.54) is 36.4 Å². The molecular weight excluding hydrogens is 705 g/mol. The van der Waals surface area contributed by atoms with Crippen molar-refractivity contribution in [2.45, 2.75) is 29.8 Å². The molecule has 5 N–H and O–H groups in total. The van der Waals surface area contributed by atoms with Crippen molar-refractivity contribution in [3.8, 4) is 0 Å². The minimum absolute atomic E-state index is 0.105. The van der Waals surface area contributed by atoms with Crippen molar-refractivity contribution in [3.05, 3.63) is 148 Å². The van der Waals surface area contributed by atoms with E-state index in [1.54, 1.807) is 60.7 Å². The standard InChI is InChI=1S/C35H32N2O10S3/c1-2-37(23-25-5-18-32(19-6-25)49(42,43)44)29-13-9-27(10-14-29)35(33-20-15-30(38)21-34(33)50(45,46)47)26-7-11-28(12-8-26)36-22-24-3-16-31(17-4-24)48(39,40)41/h3-21H,2,22-23H2,1H3,(H4-,36,38,39,40,41,42,43,44,45,46,47)/p+1. The highest BCUT2D eigenvalue weighted by Crippen LogP contribution is 2.36. The molecule has 0 atom stereocenters. The summed E-state index contributed by atoms with van der Waals surface area (Å²) in [7, 11) is -13.2. The van der Waals surface area contributed by atoms with E-state index in [9.17, 15) is 44.1 Å². The average molecular weight is 738 g/mol. The van der Waals surface area contributed by atoms with Crippen molar-refractivity contribution in [1.82, 2.24) is 0 Å². The number of hydrogen-bond donors (Lipinski definition) is 5. The molecule has 4 aromatic rings. The summed E-state index contributed by atoms with van der Waals surface area (Å²) < 4.78 is 97.2. The highest BCUT2D eigenvalue weighted by atomic mass is 32.3. The Morgan fingerprint density at radius 1 is 0.740 bits per heavy atom. The lowest BCUT2D eigenvalue weighted by molar-refractivity contribution is -0.110. The molecule has 0 fully saturated rings. The maximum atomic E-state index is 12.5. The molecule has 0 radical (unpaired) electrons. The number of carbonyl (C=O) groups is 1. The first-order valence-electron chi connectivity index (χ1n) is 15.0. The maximum Gasteiger partial charge on any atom is 0.386 e. The van der Waals surface area contributed by atoms with Crippen LogP contribution in [0.2, 0.25) is 0 Å². The molecule has 15 heteroatoms. The van der Waals surface area contributed by atoms with E-state index in [1.807, 2.05) is 24.0 Å². The fourth-order valence-electron chi connectivity index (χ4n) is 5.36. The number of carbonyl (C=O) groups excluding carboxylic acids is 1. The summed E-state index contributed by atoms with van der Waals surface area (Å²) in [6.45, 7) is 3.33. The van der Waals surface area contributed by atoms with Gasteiger partial charge in [0, 0.05) is 42.7 Å². The summed E-state index contributed by atoms with van der Waals surface area (Å²) in [6, 6.07) is 26.1. The summed E-state index contributed by atoms with van der Waals surface area (Å²) >= 11 is 0. The van der Waals surface area contributed by atoms with Crippen LogP contribution < -0.4 is 10.2 Å². The van der Waals surface area contributed by atoms with Crippen LogP contribution in [0.1, 0.15) is 29.2 Å². The van der Waals surface area contributed by atoms with Crippen LogP contribution in [0.5, 0.6) is 0 Å². The Hall–Kier alpha value is -4.74. The molecule has 0 amide bonds. The van der Waals surface area contributed by atoms with E-state index < -0.39 is 41.4 Å². The predicted octanol–water partition coefficient (Wildman–Crippen LogP) is 6.09. The van der Waals surface area contributed by atoms with Gasteiger partial charge in [0.25, 0.3) is 20.2 Å². The van der Waals surface area contributed by atoms with E-state index in [2.05, 4.69) is 5.32 Å². The highest BCUT2D eigenvalue weighted by Gasteiger charge is 2.27. The van der Waals surface area contributed by atoms with Crippen LogP contribution in [-0.2, 0) is 52.8 Å². The number of nitrogens with one attached hydrogen (secondary N) is 1. The van der Waals surface area contributed by atoms with Gasteiger partial charge in [-0.2, -0.15) is 25.9 Å². The van der Waals surface area contributed by atoms with Crippen LogP contribution in [-0.4, -0.2) is 47.4 Å². The summed E-state index contributed by atoms with van der Waals surface area (Å²) in [6.07, 6.45) is 3.45. The topological polar surface area (TPSA) is 199 Å². The zero-order valence-corrected chi connectivity index (χ0v) is 29.0. The SMILES string of the molecule is CCN(Cc1ccc(S(=O)(=O)O)cc1)c1ccc(C(=C2C=CC(=O)C=C2S(=O)(=O)O)c2ccc(NCc3ccc([S+](=O)(O)O)cc3)cc2)cc1. The highest BCUT2D eigenvalue weighted by molar-refractivity contribution is 7.92. The van der Waals surface area contributed by atoms with Gasteiger partial charge < -0.3 is 10.2 Å². The van der Waals surface area contributed by atoms with Gasteiger partial charge in [-0.15, -0.1) is 0 Å². The molecule has 0 saturated heterocycles. The van der Waals surface area contributed by atoms with Crippen molar-refractivity contribution in [1.29, 1.82) is 0 Å². The van der Waals surface area contributed by atoms with Gasteiger partial charge >= 0.3 is 10.5 Å². The fraction of sp³-hybridized carbons (Fsp3) is 0.114. The molecule has 0 heterocycles. The van der Waals surface area contributed by atoms with Gasteiger partial charge in [-0.25, -0.2) is 0 Å². The molecule has 0 spiro atoms. The van der Waals surface area contributed by atoms with Crippen molar-refractivity contribution < 1.29 is 44.1 Å². The van der Waals surface area contributed by atoms with Crippen LogP contribution >= 0.6 is 0 Å². The third-order valence-corrected chi connectivity index (χ3v) is 10.5. The van der Waals surface area contributed by atoms with E-state index in [4.69, 9.17) is 0 Å². The molecular formula is C35H33N2O10S3+. The van der Waals surface area contributed by atoms with Crippen LogP contribution in [0, 0.1) is 0 Å². The molecule has 260 valence electrons. The second-order valence-corrected chi connectivity index (χ2v) is 15.5. The summed E-state index contributed by atoms with van der Waals surface area (Å²) in [5.41, 5.74) is 4.83. The number of nitrogens with zero attached hydrogens (tertiary/aromatic N) is 1. The lowest BCUT2D eigenvalue weighted by Crippen LogP contribution is -2.22. The number of ketones is 1. The second-order valence-electron chi connectivity index (χ2n) is 11.3. The summed E-state index contributed by atoms with van der Waals surface area (Å²) in [5, 5.41) is 3.23. The molecule has 0 aromatic heterocycles. The Morgan fingerprint density at radius 2 is 1.30 bits per heavy atom. The van der Waals surface area contributed by atoms with Crippen LogP contribution in [0.15, 0.2) is 136 Å². The fourth-order valence-corrected chi connectivity index (χ4v) is 7.04. The Morgan fingerprint density at radius 3 is 1.82 bits per heavy atom. The lowest BCUT2D eigenvalue weighted by atomic mass is 9.90. The van der Waals surface area contributed by atoms with Gasteiger partial charge in [-0.3, -0.25) is 13.9 Å². The summed E-state index contributed by atoms with van der Waals surface area (Å²) in [4.78, 5) is 13.4. The molecule has 5 rings (SSSR count). The average Bonchev–Trinajstić information content (AvgIpc) is 3.07. The van der Waals surface area contributed by atoms with Crippen molar-refractivity contribution >= 4 is 53.5 Å². The minimum Gasteiger partial charge on any atom is -0.381 e. The van der Waals surface area contributed by atoms with Crippen molar-refractivity contribution in [2.24, 2.45) is 0 Å². The first-order chi connectivity index (χ1) is 23.5. The zero-order chi connectivity index (χ0) is 36.3. The van der Waals surface area contributed by atoms with Crippen LogP contribution in [0.4, 0.5) is 11.4 Å². The molecule has 12 nitrogen and oxygen atoms in total. The van der Waals surface area contributed by atoms with Gasteiger partial charge in [-0.05, 0) is 99.6 Å². The van der Waals surface area contributed by atoms with Crippen molar-refractivity contribution in [3.63, 3.8) is 0 Å². The number of hydrogen-bond acceptors (Lipinski definition) is 8. The largest absolute Gasteiger partial charge is 0.386 e. The van der Waals surface area contributed by atoms with Gasteiger partial charge in [-0.1, -0.05) is 48.5 Å². The molecule has 0 bridgehead atoms. The molecule has 0 unspecified atom stereocenters. The zero-order valence-electron chi connectivity index (χ0n) is 26.5. The smallest absolute Gasteiger partial charge is 0.381 e. The van der Waals surface area contributed by atoms with Gasteiger partial charge in [0.1, 0.15) is 4.91 Å². The van der Waals surface area contributed by atoms with Gasteiger partial charge in [0.15, 0.2) is 5.78 Å². The van der Waals surface area contributed by atoms with E-state index in [-0.39, 0.29) is 15.4 Å². The Balaban J connectivity index is 1.46. The van der Waals surface area contributed by atoms with E-state index >= 15 is 0 Å². The number of allylic oxidation sites excluding steroid dienone is 4. The van der Waals surface area contributed by atoms with E-state index in [0.29, 0.717) is 42.0 Å². The molecule has 4 aromatic carbocycles. The Bertz CT molecular complexity index is 2260. The quantitative estimate of drug-likeness (QED) is 0.0830. The first kappa shape index (κ1) is 36.5. The maximum absolute atomic E-state index is 12.5. The predicted molar refractivity (Wildman–Crippen MR) is 191 cm³/mol. The third kappa shape index (κ3) is 8.88. The van der Waals surface area contributed by atoms with E-state index in [0.717, 1.165) is 22.9 Å². The molecule has 50 heavy (non-hydrogen) atoms. The first-order valence-corrected chi connectivity index (χ1v) is 19.4.